The minimum absolute atomic E-state index is 0.0226. The number of pyridine rings is 1. The van der Waals surface area contributed by atoms with Crippen LogP contribution in [0.1, 0.15) is 18.6 Å². The van der Waals surface area contributed by atoms with Gasteiger partial charge in [-0.25, -0.2) is 8.42 Å². The van der Waals surface area contributed by atoms with E-state index in [1.165, 1.54) is 22.8 Å². The van der Waals surface area contributed by atoms with E-state index in [1.807, 2.05) is 0 Å². The van der Waals surface area contributed by atoms with Crippen molar-refractivity contribution in [2.24, 2.45) is 0 Å². The van der Waals surface area contributed by atoms with Crippen LogP contribution in [0.3, 0.4) is 0 Å². The molecular weight excluding hydrogens is 316 g/mol. The summed E-state index contributed by atoms with van der Waals surface area (Å²) in [5.41, 5.74) is -0.514. The average molecular weight is 329 g/mol. The zero-order valence-corrected chi connectivity index (χ0v) is 12.5. The number of nitrogens with one attached hydrogen (secondary N) is 1. The van der Waals surface area contributed by atoms with Crippen LogP contribution in [0.4, 0.5) is 0 Å². The molecule has 0 radical (unpaired) electrons. The summed E-state index contributed by atoms with van der Waals surface area (Å²) in [4.78, 5) is 13.6. The number of sulfonamides is 1. The highest BCUT2D eigenvalue weighted by Crippen LogP contribution is 2.33. The van der Waals surface area contributed by atoms with Crippen LogP contribution in [0.25, 0.3) is 0 Å². The third-order valence-electron chi connectivity index (χ3n) is 3.28. The molecule has 2 heterocycles. The SMILES string of the molecule is O=c1[nH]cc(S(=O)(=O)N(Cc2ccco2)C2CC2)cc1Cl. The summed E-state index contributed by atoms with van der Waals surface area (Å²) in [5, 5.41) is -0.148. The van der Waals surface area contributed by atoms with Crippen molar-refractivity contribution in [2.45, 2.75) is 30.3 Å². The number of furan rings is 1. The maximum absolute atomic E-state index is 12.7. The first kappa shape index (κ1) is 14.4. The minimum atomic E-state index is -3.73. The van der Waals surface area contributed by atoms with Gasteiger partial charge in [0.2, 0.25) is 10.0 Å². The number of hydrogen-bond acceptors (Lipinski definition) is 4. The van der Waals surface area contributed by atoms with Gasteiger partial charge in [0, 0.05) is 12.2 Å². The van der Waals surface area contributed by atoms with E-state index >= 15 is 0 Å². The first-order chi connectivity index (χ1) is 9.98. The molecule has 0 aromatic carbocycles. The van der Waals surface area contributed by atoms with E-state index in [1.54, 1.807) is 12.1 Å². The Morgan fingerprint density at radius 3 is 2.76 bits per heavy atom. The van der Waals surface area contributed by atoms with E-state index < -0.39 is 15.6 Å². The monoisotopic (exact) mass is 328 g/mol. The van der Waals surface area contributed by atoms with Crippen molar-refractivity contribution in [3.63, 3.8) is 0 Å². The molecule has 1 aliphatic rings. The number of halogens is 1. The Labute approximate surface area is 126 Å². The van der Waals surface area contributed by atoms with E-state index in [4.69, 9.17) is 16.0 Å². The molecule has 0 spiro atoms. The predicted octanol–water partition coefficient (Wildman–Crippen LogP) is 1.97. The Bertz CT molecular complexity index is 794. The molecule has 2 aromatic heterocycles. The molecule has 0 bridgehead atoms. The Morgan fingerprint density at radius 2 is 2.19 bits per heavy atom. The van der Waals surface area contributed by atoms with Crippen LogP contribution in [0, 0.1) is 0 Å². The third-order valence-corrected chi connectivity index (χ3v) is 5.44. The Hall–Kier alpha value is -1.57. The molecule has 2 aromatic rings. The summed E-state index contributed by atoms with van der Waals surface area (Å²) in [5.74, 6) is 0.570. The van der Waals surface area contributed by atoms with Gasteiger partial charge in [-0.1, -0.05) is 11.6 Å². The van der Waals surface area contributed by atoms with Crippen molar-refractivity contribution in [2.75, 3.05) is 0 Å². The van der Waals surface area contributed by atoms with Gasteiger partial charge in [-0.15, -0.1) is 0 Å². The van der Waals surface area contributed by atoms with Crippen LogP contribution in [0.15, 0.2) is 44.8 Å². The molecule has 0 aliphatic heterocycles. The largest absolute Gasteiger partial charge is 0.468 e. The summed E-state index contributed by atoms with van der Waals surface area (Å²) < 4.78 is 32.0. The summed E-state index contributed by atoms with van der Waals surface area (Å²) in [6.07, 6.45) is 4.30. The highest BCUT2D eigenvalue weighted by molar-refractivity contribution is 7.89. The van der Waals surface area contributed by atoms with Crippen molar-refractivity contribution < 1.29 is 12.8 Å². The maximum atomic E-state index is 12.7. The normalized spacial score (nSPS) is 15.5. The Balaban J connectivity index is 1.96. The highest BCUT2D eigenvalue weighted by atomic mass is 35.5. The van der Waals surface area contributed by atoms with E-state index in [9.17, 15) is 13.2 Å². The van der Waals surface area contributed by atoms with Crippen LogP contribution in [-0.2, 0) is 16.6 Å². The molecule has 1 N–H and O–H groups in total. The zero-order chi connectivity index (χ0) is 15.0. The lowest BCUT2D eigenvalue weighted by molar-refractivity contribution is 0.356. The number of aromatic amines is 1. The van der Waals surface area contributed by atoms with Gasteiger partial charge in [0.15, 0.2) is 0 Å². The van der Waals surface area contributed by atoms with Crippen molar-refractivity contribution in [1.29, 1.82) is 0 Å². The smallest absolute Gasteiger partial charge is 0.266 e. The predicted molar refractivity (Wildman–Crippen MR) is 76.5 cm³/mol. The van der Waals surface area contributed by atoms with E-state index in [0.717, 1.165) is 12.8 Å². The topological polar surface area (TPSA) is 83.4 Å². The highest BCUT2D eigenvalue weighted by Gasteiger charge is 2.38. The van der Waals surface area contributed by atoms with Crippen molar-refractivity contribution in [3.05, 3.63) is 51.8 Å². The summed E-state index contributed by atoms with van der Waals surface area (Å²) in [7, 11) is -3.73. The molecule has 1 saturated carbocycles. The molecule has 0 atom stereocenters. The lowest BCUT2D eigenvalue weighted by Crippen LogP contribution is -2.33. The van der Waals surface area contributed by atoms with Crippen LogP contribution in [0.2, 0.25) is 5.02 Å². The molecule has 8 heteroatoms. The van der Waals surface area contributed by atoms with Gasteiger partial charge in [-0.3, -0.25) is 4.79 Å². The molecule has 112 valence electrons. The van der Waals surface area contributed by atoms with Gasteiger partial charge >= 0.3 is 0 Å². The third kappa shape index (κ3) is 2.90. The van der Waals surface area contributed by atoms with Crippen molar-refractivity contribution in [3.8, 4) is 0 Å². The van der Waals surface area contributed by atoms with Gasteiger partial charge < -0.3 is 9.40 Å². The standard InChI is InChI=1S/C13H13ClN2O4S/c14-12-6-11(7-15-13(12)17)21(18,19)16(9-3-4-9)8-10-2-1-5-20-10/h1-2,5-7,9H,3-4,8H2,(H,15,17). The number of nitrogens with zero attached hydrogens (tertiary/aromatic N) is 1. The first-order valence-corrected chi connectivity index (χ1v) is 8.23. The summed E-state index contributed by atoms with van der Waals surface area (Å²) in [6, 6.07) is 4.58. The number of hydrogen-bond donors (Lipinski definition) is 1. The quantitative estimate of drug-likeness (QED) is 0.909. The molecular formula is C13H13ClN2O4S. The number of H-pyrrole nitrogens is 1. The molecule has 1 fully saturated rings. The van der Waals surface area contributed by atoms with Gasteiger partial charge in [-0.2, -0.15) is 4.31 Å². The van der Waals surface area contributed by atoms with Crippen LogP contribution >= 0.6 is 11.6 Å². The lowest BCUT2D eigenvalue weighted by Gasteiger charge is -2.20. The van der Waals surface area contributed by atoms with E-state index in [0.29, 0.717) is 5.76 Å². The molecule has 1 aliphatic carbocycles. The van der Waals surface area contributed by atoms with Crippen LogP contribution in [-0.4, -0.2) is 23.7 Å². The van der Waals surface area contributed by atoms with E-state index in [2.05, 4.69) is 4.98 Å². The van der Waals surface area contributed by atoms with Gasteiger partial charge in [0.25, 0.3) is 5.56 Å². The number of aromatic nitrogens is 1. The minimum Gasteiger partial charge on any atom is -0.468 e. The zero-order valence-electron chi connectivity index (χ0n) is 11.0. The van der Waals surface area contributed by atoms with E-state index in [-0.39, 0.29) is 22.5 Å². The van der Waals surface area contributed by atoms with Crippen molar-refractivity contribution >= 4 is 21.6 Å². The average Bonchev–Trinajstić information content (AvgIpc) is 3.15. The lowest BCUT2D eigenvalue weighted by atomic mass is 10.4. The fourth-order valence-corrected chi connectivity index (χ4v) is 3.93. The number of rotatable bonds is 5. The molecule has 6 nitrogen and oxygen atoms in total. The Kier molecular flexibility index (Phi) is 3.64. The molecule has 21 heavy (non-hydrogen) atoms. The molecule has 0 unspecified atom stereocenters. The summed E-state index contributed by atoms with van der Waals surface area (Å²) >= 11 is 5.72. The second-order valence-electron chi connectivity index (χ2n) is 4.87. The van der Waals surface area contributed by atoms with Crippen LogP contribution in [0.5, 0.6) is 0 Å². The maximum Gasteiger partial charge on any atom is 0.266 e. The molecule has 0 saturated heterocycles. The van der Waals surface area contributed by atoms with Crippen LogP contribution < -0.4 is 5.56 Å². The Morgan fingerprint density at radius 1 is 1.43 bits per heavy atom. The second kappa shape index (κ2) is 5.32. The van der Waals surface area contributed by atoms with Gasteiger partial charge in [0.05, 0.1) is 17.7 Å². The first-order valence-electron chi connectivity index (χ1n) is 6.41. The van der Waals surface area contributed by atoms with Gasteiger partial charge in [0.1, 0.15) is 10.8 Å². The fraction of sp³-hybridized carbons (Fsp3) is 0.308. The second-order valence-corrected chi connectivity index (χ2v) is 7.17. The molecule has 0 amide bonds. The molecule has 3 rings (SSSR count). The fourth-order valence-electron chi connectivity index (χ4n) is 2.05. The summed E-state index contributed by atoms with van der Waals surface area (Å²) in [6.45, 7) is 0.163. The van der Waals surface area contributed by atoms with Crippen molar-refractivity contribution in [1.82, 2.24) is 9.29 Å². The van der Waals surface area contributed by atoms with Gasteiger partial charge in [-0.05, 0) is 31.0 Å².